The molecular formula is C24H31FIN5O2. The Kier molecular flexibility index (Phi) is 10.4. The fourth-order valence-electron chi connectivity index (χ4n) is 3.20. The average molecular weight is 567 g/mol. The van der Waals surface area contributed by atoms with Crippen LogP contribution in [0.1, 0.15) is 18.1 Å². The normalized spacial score (nSPS) is 11.1. The summed E-state index contributed by atoms with van der Waals surface area (Å²) in [5.74, 6) is 1.02. The summed E-state index contributed by atoms with van der Waals surface area (Å²) in [5.41, 5.74) is 2.91. The van der Waals surface area contributed by atoms with E-state index >= 15 is 0 Å². The summed E-state index contributed by atoms with van der Waals surface area (Å²) < 4.78 is 18.9. The average Bonchev–Trinajstić information content (AvgIpc) is 3.17. The maximum Gasteiger partial charge on any atom is 0.259 e. The molecule has 7 nitrogen and oxygen atoms in total. The number of nitrogens with zero attached hydrogens (tertiary/aromatic N) is 2. The lowest BCUT2D eigenvalue weighted by molar-refractivity contribution is -0.130. The van der Waals surface area contributed by atoms with E-state index < -0.39 is 0 Å². The minimum atomic E-state index is -0.246. The van der Waals surface area contributed by atoms with Crippen LogP contribution < -0.4 is 15.4 Å². The Hall–Kier alpha value is -2.82. The van der Waals surface area contributed by atoms with Crippen molar-refractivity contribution in [2.24, 2.45) is 4.99 Å². The van der Waals surface area contributed by atoms with E-state index in [0.29, 0.717) is 24.8 Å². The van der Waals surface area contributed by atoms with E-state index in [-0.39, 0.29) is 42.3 Å². The lowest BCUT2D eigenvalue weighted by Crippen LogP contribution is -2.38. The third-order valence-corrected chi connectivity index (χ3v) is 4.94. The number of carbonyl (C=O) groups excluding carboxylic acids is 1. The Labute approximate surface area is 210 Å². The zero-order chi connectivity index (χ0) is 22.9. The maximum atomic E-state index is 13.4. The summed E-state index contributed by atoms with van der Waals surface area (Å²) in [7, 11) is 3.40. The van der Waals surface area contributed by atoms with Crippen LogP contribution in [-0.4, -0.2) is 55.5 Å². The van der Waals surface area contributed by atoms with E-state index in [4.69, 9.17) is 4.74 Å². The SMILES string of the molecule is CCNC(=NCc1cccc(OCC(=O)N(C)C)c1)NCCc1c[nH]c2cc(F)ccc12.I. The molecule has 3 aromatic rings. The second-order valence-electron chi connectivity index (χ2n) is 7.60. The van der Waals surface area contributed by atoms with Crippen molar-refractivity contribution in [1.29, 1.82) is 0 Å². The van der Waals surface area contributed by atoms with Crippen LogP contribution in [-0.2, 0) is 17.8 Å². The predicted molar refractivity (Wildman–Crippen MR) is 141 cm³/mol. The van der Waals surface area contributed by atoms with Crippen LogP contribution in [0.5, 0.6) is 5.75 Å². The largest absolute Gasteiger partial charge is 0.484 e. The Balaban J connectivity index is 0.00000385. The molecule has 0 spiro atoms. The van der Waals surface area contributed by atoms with Crippen molar-refractivity contribution in [3.05, 3.63) is 65.6 Å². The molecule has 0 radical (unpaired) electrons. The summed E-state index contributed by atoms with van der Waals surface area (Å²) in [6, 6.07) is 12.4. The Morgan fingerprint density at radius 2 is 2.00 bits per heavy atom. The highest BCUT2D eigenvalue weighted by Gasteiger charge is 2.07. The highest BCUT2D eigenvalue weighted by atomic mass is 127. The van der Waals surface area contributed by atoms with Crippen LogP contribution in [0.4, 0.5) is 4.39 Å². The van der Waals surface area contributed by atoms with Gasteiger partial charge in [0.1, 0.15) is 11.6 Å². The van der Waals surface area contributed by atoms with Gasteiger partial charge >= 0.3 is 0 Å². The van der Waals surface area contributed by atoms with Gasteiger partial charge in [-0.2, -0.15) is 0 Å². The smallest absolute Gasteiger partial charge is 0.259 e. The molecule has 0 aliphatic rings. The molecule has 0 aliphatic heterocycles. The molecule has 3 rings (SSSR count). The molecule has 0 atom stereocenters. The number of halogens is 2. The first-order chi connectivity index (χ1) is 15.5. The molecule has 0 fully saturated rings. The van der Waals surface area contributed by atoms with Gasteiger partial charge in [0.25, 0.3) is 5.91 Å². The van der Waals surface area contributed by atoms with Gasteiger partial charge in [0, 0.05) is 44.3 Å². The van der Waals surface area contributed by atoms with Gasteiger partial charge in [-0.15, -0.1) is 24.0 Å². The molecule has 1 amide bonds. The molecule has 33 heavy (non-hydrogen) atoms. The van der Waals surface area contributed by atoms with Crippen LogP contribution in [0.2, 0.25) is 0 Å². The molecule has 178 valence electrons. The Morgan fingerprint density at radius 1 is 1.18 bits per heavy atom. The molecule has 2 aromatic carbocycles. The lowest BCUT2D eigenvalue weighted by atomic mass is 10.1. The first-order valence-corrected chi connectivity index (χ1v) is 10.7. The number of amides is 1. The van der Waals surface area contributed by atoms with E-state index in [0.717, 1.165) is 35.0 Å². The van der Waals surface area contributed by atoms with Gasteiger partial charge in [-0.3, -0.25) is 4.79 Å². The van der Waals surface area contributed by atoms with E-state index in [9.17, 15) is 9.18 Å². The summed E-state index contributed by atoms with van der Waals surface area (Å²) in [6.45, 7) is 3.92. The zero-order valence-corrected chi connectivity index (χ0v) is 21.5. The molecule has 3 N–H and O–H groups in total. The number of aromatic amines is 1. The molecule has 0 unspecified atom stereocenters. The molecule has 0 saturated carbocycles. The van der Waals surface area contributed by atoms with Gasteiger partial charge in [0.05, 0.1) is 6.54 Å². The number of carbonyl (C=O) groups is 1. The van der Waals surface area contributed by atoms with Crippen molar-refractivity contribution >= 4 is 46.7 Å². The topological polar surface area (TPSA) is 81.8 Å². The van der Waals surface area contributed by atoms with Gasteiger partial charge < -0.3 is 25.3 Å². The van der Waals surface area contributed by atoms with Gasteiger partial charge in [-0.25, -0.2) is 9.38 Å². The summed E-state index contributed by atoms with van der Waals surface area (Å²) in [5, 5.41) is 7.61. The van der Waals surface area contributed by atoms with Gasteiger partial charge in [-0.1, -0.05) is 12.1 Å². The van der Waals surface area contributed by atoms with Gasteiger partial charge in [-0.05, 0) is 54.8 Å². The van der Waals surface area contributed by atoms with Crippen molar-refractivity contribution in [3.63, 3.8) is 0 Å². The number of hydrogen-bond donors (Lipinski definition) is 3. The van der Waals surface area contributed by atoms with Crippen molar-refractivity contribution in [3.8, 4) is 5.75 Å². The van der Waals surface area contributed by atoms with Crippen molar-refractivity contribution in [1.82, 2.24) is 20.5 Å². The number of hydrogen-bond acceptors (Lipinski definition) is 3. The molecular weight excluding hydrogens is 536 g/mol. The van der Waals surface area contributed by atoms with E-state index in [1.165, 1.54) is 17.0 Å². The minimum absolute atomic E-state index is 0. The number of H-pyrrole nitrogens is 1. The number of aromatic nitrogens is 1. The summed E-state index contributed by atoms with van der Waals surface area (Å²) in [4.78, 5) is 21.0. The number of likely N-dealkylation sites (N-methyl/N-ethyl adjacent to an activating group) is 1. The van der Waals surface area contributed by atoms with Crippen molar-refractivity contribution < 1.29 is 13.9 Å². The highest BCUT2D eigenvalue weighted by molar-refractivity contribution is 14.0. The number of benzene rings is 2. The summed E-state index contributed by atoms with van der Waals surface area (Å²) >= 11 is 0. The third-order valence-electron chi connectivity index (χ3n) is 4.94. The number of fused-ring (bicyclic) bond motifs is 1. The molecule has 0 saturated heterocycles. The van der Waals surface area contributed by atoms with E-state index in [2.05, 4.69) is 20.6 Å². The van der Waals surface area contributed by atoms with Crippen molar-refractivity contribution in [2.75, 3.05) is 33.8 Å². The first kappa shape index (κ1) is 26.4. The lowest BCUT2D eigenvalue weighted by Gasteiger charge is -2.12. The number of nitrogens with one attached hydrogen (secondary N) is 3. The second kappa shape index (κ2) is 13.0. The number of aliphatic imine (C=N–C) groups is 1. The molecule has 0 aliphatic carbocycles. The quantitative estimate of drug-likeness (QED) is 0.209. The van der Waals surface area contributed by atoms with E-state index in [1.54, 1.807) is 20.2 Å². The van der Waals surface area contributed by atoms with Gasteiger partial charge in [0.15, 0.2) is 12.6 Å². The molecule has 9 heteroatoms. The number of guanidine groups is 1. The Morgan fingerprint density at radius 3 is 2.76 bits per heavy atom. The number of ether oxygens (including phenoxy) is 1. The van der Waals surface area contributed by atoms with Crippen LogP contribution in [0.15, 0.2) is 53.7 Å². The third kappa shape index (κ3) is 7.92. The fourth-order valence-corrected chi connectivity index (χ4v) is 3.20. The maximum absolute atomic E-state index is 13.4. The second-order valence-corrected chi connectivity index (χ2v) is 7.60. The van der Waals surface area contributed by atoms with E-state index in [1.807, 2.05) is 37.4 Å². The Bertz CT molecular complexity index is 1080. The first-order valence-electron chi connectivity index (χ1n) is 10.7. The minimum Gasteiger partial charge on any atom is -0.484 e. The van der Waals surface area contributed by atoms with Crippen LogP contribution in [0.3, 0.4) is 0 Å². The molecule has 0 bridgehead atoms. The fraction of sp³-hybridized carbons (Fsp3) is 0.333. The predicted octanol–water partition coefficient (Wildman–Crippen LogP) is 3.69. The summed E-state index contributed by atoms with van der Waals surface area (Å²) in [6.07, 6.45) is 2.70. The van der Waals surface area contributed by atoms with Crippen LogP contribution >= 0.6 is 24.0 Å². The molecule has 1 aromatic heterocycles. The van der Waals surface area contributed by atoms with Gasteiger partial charge in [0.2, 0.25) is 0 Å². The standard InChI is InChI=1S/C24H30FN5O2.HI/c1-4-26-24(27-11-10-18-15-28-22-13-19(25)8-9-21(18)22)29-14-17-6-5-7-20(12-17)32-16-23(31)30(2)3;/h5-9,12-13,15,28H,4,10-11,14,16H2,1-3H3,(H2,26,27,29);1H. The highest BCUT2D eigenvalue weighted by Crippen LogP contribution is 2.19. The van der Waals surface area contributed by atoms with Crippen LogP contribution in [0.25, 0.3) is 10.9 Å². The van der Waals surface area contributed by atoms with Crippen LogP contribution in [0, 0.1) is 5.82 Å². The molecule has 1 heterocycles. The zero-order valence-electron chi connectivity index (χ0n) is 19.2. The van der Waals surface area contributed by atoms with Crippen molar-refractivity contribution in [2.45, 2.75) is 19.9 Å². The number of rotatable bonds is 9. The monoisotopic (exact) mass is 567 g/mol.